The van der Waals surface area contributed by atoms with Gasteiger partial charge < -0.3 is 5.11 Å². The Balaban J connectivity index is 2.25. The van der Waals surface area contributed by atoms with E-state index in [9.17, 15) is 9.90 Å². The van der Waals surface area contributed by atoms with E-state index in [0.717, 1.165) is 24.9 Å². The number of carboxylic acids is 1. The van der Waals surface area contributed by atoms with Crippen molar-refractivity contribution in [2.75, 3.05) is 13.1 Å². The Kier molecular flexibility index (Phi) is 5.18. The molecule has 0 radical (unpaired) electrons. The van der Waals surface area contributed by atoms with Gasteiger partial charge in [0.15, 0.2) is 0 Å². The molecule has 1 saturated heterocycles. The molecule has 1 N–H and O–H groups in total. The van der Waals surface area contributed by atoms with Gasteiger partial charge in [-0.15, -0.1) is 0 Å². The summed E-state index contributed by atoms with van der Waals surface area (Å²) in [6.07, 6.45) is 2.28. The minimum Gasteiger partial charge on any atom is -0.481 e. The third-order valence-electron chi connectivity index (χ3n) is 4.69. The van der Waals surface area contributed by atoms with Gasteiger partial charge in [0.1, 0.15) is 0 Å². The summed E-state index contributed by atoms with van der Waals surface area (Å²) in [6.45, 7) is 5.46. The number of piperidine rings is 1. The highest BCUT2D eigenvalue weighted by Gasteiger charge is 2.42. The molecule has 116 valence electrons. The van der Waals surface area contributed by atoms with Gasteiger partial charge in [0.05, 0.1) is 5.41 Å². The smallest absolute Gasteiger partial charge is 0.310 e. The zero-order valence-electron chi connectivity index (χ0n) is 12.4. The van der Waals surface area contributed by atoms with Crippen molar-refractivity contribution in [3.8, 4) is 0 Å². The Bertz CT molecular complexity index is 535. The Morgan fingerprint density at radius 3 is 2.81 bits per heavy atom. The van der Waals surface area contributed by atoms with E-state index in [1.54, 1.807) is 12.1 Å². The lowest BCUT2D eigenvalue weighted by molar-refractivity contribution is -0.153. The Hall–Kier alpha value is -0.770. The number of carbonyl (C=O) groups is 1. The monoisotopic (exact) mass is 329 g/mol. The van der Waals surface area contributed by atoms with E-state index in [-0.39, 0.29) is 6.04 Å². The molecule has 1 fully saturated rings. The molecule has 0 aliphatic carbocycles. The van der Waals surface area contributed by atoms with Crippen molar-refractivity contribution in [3.63, 3.8) is 0 Å². The largest absolute Gasteiger partial charge is 0.481 e. The lowest BCUT2D eigenvalue weighted by atomic mass is 9.77. The molecule has 3 nitrogen and oxygen atoms in total. The van der Waals surface area contributed by atoms with E-state index in [1.165, 1.54) is 0 Å². The van der Waals surface area contributed by atoms with E-state index in [4.69, 9.17) is 23.2 Å². The van der Waals surface area contributed by atoms with Crippen LogP contribution in [0.1, 0.15) is 44.7 Å². The molecule has 5 heteroatoms. The summed E-state index contributed by atoms with van der Waals surface area (Å²) in [4.78, 5) is 13.9. The molecule has 1 aliphatic rings. The highest BCUT2D eigenvalue weighted by molar-refractivity contribution is 6.33. The summed E-state index contributed by atoms with van der Waals surface area (Å²) < 4.78 is 0. The predicted molar refractivity (Wildman–Crippen MR) is 86.0 cm³/mol. The van der Waals surface area contributed by atoms with E-state index in [2.05, 4.69) is 11.8 Å². The quantitative estimate of drug-likeness (QED) is 0.875. The van der Waals surface area contributed by atoms with Crippen molar-refractivity contribution >= 4 is 29.2 Å². The number of nitrogens with zero attached hydrogens (tertiary/aromatic N) is 1. The number of rotatable bonds is 4. The Morgan fingerprint density at radius 2 is 2.19 bits per heavy atom. The number of halogens is 2. The summed E-state index contributed by atoms with van der Waals surface area (Å²) in [5.41, 5.74) is 0.318. The summed E-state index contributed by atoms with van der Waals surface area (Å²) in [5, 5.41) is 10.9. The summed E-state index contributed by atoms with van der Waals surface area (Å²) in [6, 6.07) is 5.49. The maximum Gasteiger partial charge on any atom is 0.310 e. The highest BCUT2D eigenvalue weighted by atomic mass is 35.5. The van der Waals surface area contributed by atoms with Crippen LogP contribution in [0.3, 0.4) is 0 Å². The van der Waals surface area contributed by atoms with Gasteiger partial charge >= 0.3 is 5.97 Å². The molecule has 21 heavy (non-hydrogen) atoms. The molecule has 1 heterocycles. The number of hydrogen-bond donors (Lipinski definition) is 1. The molecule has 0 bridgehead atoms. The molecule has 1 aliphatic heterocycles. The Morgan fingerprint density at radius 1 is 1.48 bits per heavy atom. The van der Waals surface area contributed by atoms with Crippen LogP contribution >= 0.6 is 23.2 Å². The first kappa shape index (κ1) is 16.6. The number of hydrogen-bond acceptors (Lipinski definition) is 2. The first-order valence-electron chi connectivity index (χ1n) is 7.32. The summed E-state index contributed by atoms with van der Waals surface area (Å²) in [7, 11) is 0. The van der Waals surface area contributed by atoms with Crippen molar-refractivity contribution in [3.05, 3.63) is 33.8 Å². The van der Waals surface area contributed by atoms with Gasteiger partial charge in [-0.3, -0.25) is 9.69 Å². The standard InChI is InChI=1S/C16H21Cl2NO2/c1-3-16(15(20)21)7-4-8-19(10-16)11(2)13-9-12(17)5-6-14(13)18/h5-6,9,11H,3-4,7-8,10H2,1-2H3,(H,20,21). The maximum absolute atomic E-state index is 11.7. The Labute approximate surface area is 135 Å². The molecule has 0 amide bonds. The zero-order chi connectivity index (χ0) is 15.6. The third kappa shape index (κ3) is 3.36. The number of aliphatic carboxylic acids is 1. The molecule has 1 aromatic carbocycles. The molecular formula is C16H21Cl2NO2. The molecule has 2 atom stereocenters. The van der Waals surface area contributed by atoms with E-state index in [0.29, 0.717) is 23.0 Å². The predicted octanol–water partition coefficient (Wildman–Crippen LogP) is 4.63. The highest BCUT2D eigenvalue weighted by Crippen LogP contribution is 2.38. The summed E-state index contributed by atoms with van der Waals surface area (Å²) in [5.74, 6) is -0.695. The van der Waals surface area contributed by atoms with Crippen molar-refractivity contribution < 1.29 is 9.90 Å². The van der Waals surface area contributed by atoms with Crippen LogP contribution in [0.4, 0.5) is 0 Å². The second kappa shape index (κ2) is 6.55. The second-order valence-electron chi connectivity index (χ2n) is 5.85. The first-order chi connectivity index (χ1) is 9.89. The van der Waals surface area contributed by atoms with Crippen LogP contribution in [0.2, 0.25) is 10.0 Å². The zero-order valence-corrected chi connectivity index (χ0v) is 13.9. The van der Waals surface area contributed by atoms with Gasteiger partial charge in [0.25, 0.3) is 0 Å². The second-order valence-corrected chi connectivity index (χ2v) is 6.70. The fourth-order valence-corrected chi connectivity index (χ4v) is 3.60. The minimum atomic E-state index is -0.695. The van der Waals surface area contributed by atoms with Crippen molar-refractivity contribution in [1.82, 2.24) is 4.90 Å². The number of carboxylic acid groups (broad SMARTS) is 1. The molecule has 0 spiro atoms. The van der Waals surface area contributed by atoms with Crippen LogP contribution in [0.15, 0.2) is 18.2 Å². The van der Waals surface area contributed by atoms with Gasteiger partial charge in [-0.05, 0) is 56.5 Å². The number of benzene rings is 1. The number of likely N-dealkylation sites (tertiary alicyclic amines) is 1. The lowest BCUT2D eigenvalue weighted by Crippen LogP contribution is -2.48. The fraction of sp³-hybridized carbons (Fsp3) is 0.562. The van der Waals surface area contributed by atoms with Crippen LogP contribution in [0.25, 0.3) is 0 Å². The molecule has 2 rings (SSSR count). The van der Waals surface area contributed by atoms with E-state index >= 15 is 0 Å². The molecular weight excluding hydrogens is 309 g/mol. The van der Waals surface area contributed by atoms with Gasteiger partial charge in [-0.2, -0.15) is 0 Å². The lowest BCUT2D eigenvalue weighted by Gasteiger charge is -2.42. The average Bonchev–Trinajstić information content (AvgIpc) is 2.48. The first-order valence-corrected chi connectivity index (χ1v) is 8.07. The van der Waals surface area contributed by atoms with Gasteiger partial charge in [0, 0.05) is 22.6 Å². The van der Waals surface area contributed by atoms with Crippen molar-refractivity contribution in [1.29, 1.82) is 0 Å². The van der Waals surface area contributed by atoms with E-state index in [1.807, 2.05) is 13.0 Å². The van der Waals surface area contributed by atoms with Crippen molar-refractivity contribution in [2.45, 2.75) is 39.2 Å². The van der Waals surface area contributed by atoms with Crippen LogP contribution in [-0.2, 0) is 4.79 Å². The third-order valence-corrected chi connectivity index (χ3v) is 5.27. The SMILES string of the molecule is CCC1(C(=O)O)CCCN(C(C)c2cc(Cl)ccc2Cl)C1. The van der Waals surface area contributed by atoms with Crippen LogP contribution in [0, 0.1) is 5.41 Å². The van der Waals surface area contributed by atoms with Gasteiger partial charge in [-0.1, -0.05) is 30.1 Å². The minimum absolute atomic E-state index is 0.0572. The average molecular weight is 330 g/mol. The van der Waals surface area contributed by atoms with Crippen molar-refractivity contribution in [2.24, 2.45) is 5.41 Å². The van der Waals surface area contributed by atoms with E-state index < -0.39 is 11.4 Å². The molecule has 1 aromatic rings. The normalized spacial score (nSPS) is 24.8. The van der Waals surface area contributed by atoms with Crippen LogP contribution < -0.4 is 0 Å². The van der Waals surface area contributed by atoms with Gasteiger partial charge in [0.2, 0.25) is 0 Å². The fourth-order valence-electron chi connectivity index (χ4n) is 3.14. The molecule has 2 unspecified atom stereocenters. The van der Waals surface area contributed by atoms with Crippen LogP contribution in [0.5, 0.6) is 0 Å². The molecule has 0 aromatic heterocycles. The maximum atomic E-state index is 11.7. The summed E-state index contributed by atoms with van der Waals surface area (Å²) >= 11 is 12.3. The van der Waals surface area contributed by atoms with Gasteiger partial charge in [-0.25, -0.2) is 0 Å². The van der Waals surface area contributed by atoms with Crippen LogP contribution in [-0.4, -0.2) is 29.1 Å². The molecule has 0 saturated carbocycles. The topological polar surface area (TPSA) is 40.5 Å².